The van der Waals surface area contributed by atoms with Crippen molar-refractivity contribution in [2.75, 3.05) is 11.9 Å². The molecular formula is C24H23N7O2. The molecule has 2 saturated carbocycles. The first-order valence-electron chi connectivity index (χ1n) is 11.2. The lowest BCUT2D eigenvalue weighted by Crippen LogP contribution is -2.23. The van der Waals surface area contributed by atoms with Crippen LogP contribution in [0, 0.1) is 11.3 Å². The summed E-state index contributed by atoms with van der Waals surface area (Å²) in [5.74, 6) is 1.33. The number of H-pyrrole nitrogens is 2. The minimum atomic E-state index is -0.547. The van der Waals surface area contributed by atoms with E-state index in [9.17, 15) is 9.59 Å². The van der Waals surface area contributed by atoms with Crippen LogP contribution in [-0.4, -0.2) is 37.3 Å². The highest BCUT2D eigenvalue weighted by atomic mass is 16.2. The Morgan fingerprint density at radius 1 is 1.21 bits per heavy atom. The van der Waals surface area contributed by atoms with Crippen molar-refractivity contribution in [3.8, 4) is 11.3 Å². The molecule has 3 heterocycles. The van der Waals surface area contributed by atoms with Gasteiger partial charge in [0, 0.05) is 48.2 Å². The number of hydrogen-bond acceptors (Lipinski definition) is 6. The third kappa shape index (κ3) is 3.65. The largest absolute Gasteiger partial charge is 0.384 e. The molecule has 0 radical (unpaired) electrons. The maximum absolute atomic E-state index is 12.3. The lowest BCUT2D eigenvalue weighted by molar-refractivity contribution is 0.887. The van der Waals surface area contributed by atoms with Crippen molar-refractivity contribution < 1.29 is 0 Å². The molecule has 0 saturated heterocycles. The Labute approximate surface area is 188 Å². The first kappa shape index (κ1) is 19.7. The normalized spacial score (nSPS) is 19.5. The average molecular weight is 441 g/mol. The predicted octanol–water partition coefficient (Wildman–Crippen LogP) is 2.86. The zero-order chi connectivity index (χ0) is 22.5. The van der Waals surface area contributed by atoms with Gasteiger partial charge in [-0.1, -0.05) is 12.1 Å². The van der Waals surface area contributed by atoms with E-state index in [0.29, 0.717) is 17.2 Å². The van der Waals surface area contributed by atoms with Crippen LogP contribution in [-0.2, 0) is 0 Å². The lowest BCUT2D eigenvalue weighted by atomic mass is 10.0. The Morgan fingerprint density at radius 2 is 2.09 bits per heavy atom. The standard InChI is InChI=1S/C24H23N7O2/c25-10-15-4-3-14(7-20(15)27-11-13-1-2-13)16-8-17(16)18-9-21(30-31-6-5-26-22(18)31)19-12-28-24(33)29-23(19)32/h3-7,9-10,12-13,16-17,25,27H,1-2,8,11H2,(H2,28,29,32,33)/t16-,17+/m1/s1. The molecule has 0 spiro atoms. The number of aromatic nitrogens is 5. The molecule has 4 N–H and O–H groups in total. The summed E-state index contributed by atoms with van der Waals surface area (Å²) in [4.78, 5) is 33.0. The second-order valence-electron chi connectivity index (χ2n) is 8.93. The van der Waals surface area contributed by atoms with Crippen molar-refractivity contribution in [1.29, 1.82) is 5.41 Å². The van der Waals surface area contributed by atoms with Crippen LogP contribution in [0.3, 0.4) is 0 Å². The van der Waals surface area contributed by atoms with Crippen molar-refractivity contribution in [3.63, 3.8) is 0 Å². The summed E-state index contributed by atoms with van der Waals surface area (Å²) in [5, 5.41) is 15.8. The maximum atomic E-state index is 12.3. The Kier molecular flexibility index (Phi) is 4.49. The summed E-state index contributed by atoms with van der Waals surface area (Å²) >= 11 is 0. The molecule has 2 atom stereocenters. The second kappa shape index (κ2) is 7.54. The van der Waals surface area contributed by atoms with Crippen LogP contribution in [0.2, 0.25) is 0 Å². The molecule has 2 aliphatic rings. The monoisotopic (exact) mass is 441 g/mol. The van der Waals surface area contributed by atoms with Crippen LogP contribution in [0.5, 0.6) is 0 Å². The fourth-order valence-electron chi connectivity index (χ4n) is 4.51. The fourth-order valence-corrected chi connectivity index (χ4v) is 4.51. The van der Waals surface area contributed by atoms with E-state index >= 15 is 0 Å². The molecule has 6 rings (SSSR count). The number of nitrogens with one attached hydrogen (secondary N) is 4. The zero-order valence-corrected chi connectivity index (χ0v) is 17.8. The summed E-state index contributed by atoms with van der Waals surface area (Å²) in [7, 11) is 0. The van der Waals surface area contributed by atoms with Gasteiger partial charge < -0.3 is 15.7 Å². The average Bonchev–Trinajstić information content (AvgIpc) is 3.74. The highest BCUT2D eigenvalue weighted by molar-refractivity contribution is 5.86. The van der Waals surface area contributed by atoms with Gasteiger partial charge in [-0.2, -0.15) is 5.10 Å². The first-order valence-corrected chi connectivity index (χ1v) is 11.2. The smallest absolute Gasteiger partial charge is 0.325 e. The number of imidazole rings is 1. The molecule has 3 aromatic heterocycles. The van der Waals surface area contributed by atoms with Crippen molar-refractivity contribution in [1.82, 2.24) is 24.6 Å². The van der Waals surface area contributed by atoms with Gasteiger partial charge in [0.2, 0.25) is 0 Å². The van der Waals surface area contributed by atoms with Gasteiger partial charge in [-0.05, 0) is 54.7 Å². The van der Waals surface area contributed by atoms with Crippen molar-refractivity contribution >= 4 is 17.5 Å². The van der Waals surface area contributed by atoms with E-state index in [1.807, 2.05) is 12.1 Å². The fraction of sp³-hybridized carbons (Fsp3) is 0.292. The first-order chi connectivity index (χ1) is 16.1. The second-order valence-corrected chi connectivity index (χ2v) is 8.93. The van der Waals surface area contributed by atoms with Crippen LogP contribution >= 0.6 is 0 Å². The highest BCUT2D eigenvalue weighted by Gasteiger charge is 2.41. The molecule has 33 heavy (non-hydrogen) atoms. The van der Waals surface area contributed by atoms with Crippen LogP contribution in [0.1, 0.15) is 47.8 Å². The van der Waals surface area contributed by atoms with E-state index in [1.165, 1.54) is 30.8 Å². The van der Waals surface area contributed by atoms with Crippen molar-refractivity contribution in [2.24, 2.45) is 5.92 Å². The van der Waals surface area contributed by atoms with Gasteiger partial charge in [-0.3, -0.25) is 9.78 Å². The highest BCUT2D eigenvalue weighted by Crippen LogP contribution is 2.56. The number of benzene rings is 1. The van der Waals surface area contributed by atoms with E-state index in [1.54, 1.807) is 16.9 Å². The molecule has 0 bridgehead atoms. The van der Waals surface area contributed by atoms with Gasteiger partial charge in [-0.25, -0.2) is 14.3 Å². The quantitative estimate of drug-likeness (QED) is 0.328. The van der Waals surface area contributed by atoms with Gasteiger partial charge in [0.15, 0.2) is 5.65 Å². The van der Waals surface area contributed by atoms with Crippen molar-refractivity contribution in [3.05, 3.63) is 80.4 Å². The van der Waals surface area contributed by atoms with E-state index in [2.05, 4.69) is 37.5 Å². The summed E-state index contributed by atoms with van der Waals surface area (Å²) in [6, 6.07) is 8.19. The number of rotatable bonds is 7. The summed E-state index contributed by atoms with van der Waals surface area (Å²) < 4.78 is 1.69. The van der Waals surface area contributed by atoms with Gasteiger partial charge in [0.25, 0.3) is 5.56 Å². The maximum Gasteiger partial charge on any atom is 0.325 e. The number of nitrogens with zero attached hydrogens (tertiary/aromatic N) is 3. The molecule has 4 aromatic rings. The predicted molar refractivity (Wildman–Crippen MR) is 125 cm³/mol. The molecule has 9 nitrogen and oxygen atoms in total. The van der Waals surface area contributed by atoms with Crippen LogP contribution in [0.15, 0.2) is 52.4 Å². The summed E-state index contributed by atoms with van der Waals surface area (Å²) in [6.45, 7) is 0.953. The third-order valence-corrected chi connectivity index (χ3v) is 6.61. The van der Waals surface area contributed by atoms with Gasteiger partial charge in [-0.15, -0.1) is 0 Å². The lowest BCUT2D eigenvalue weighted by Gasteiger charge is -2.12. The Bertz CT molecular complexity index is 1490. The topological polar surface area (TPSA) is 132 Å². The number of fused-ring (bicyclic) bond motifs is 1. The molecule has 0 unspecified atom stereocenters. The number of aromatic amines is 2. The third-order valence-electron chi connectivity index (χ3n) is 6.61. The molecule has 2 fully saturated rings. The molecule has 9 heteroatoms. The molecular weight excluding hydrogens is 418 g/mol. The molecule has 0 amide bonds. The van der Waals surface area contributed by atoms with Gasteiger partial charge in [0.05, 0.1) is 11.3 Å². The van der Waals surface area contributed by atoms with E-state index in [0.717, 1.165) is 41.3 Å². The number of hydrogen-bond donors (Lipinski definition) is 4. The summed E-state index contributed by atoms with van der Waals surface area (Å²) in [5.41, 5.74) is 4.73. The van der Waals surface area contributed by atoms with Crippen LogP contribution in [0.4, 0.5) is 5.69 Å². The molecule has 1 aromatic carbocycles. The summed E-state index contributed by atoms with van der Waals surface area (Å²) in [6.07, 6.45) is 9.78. The van der Waals surface area contributed by atoms with Crippen molar-refractivity contribution in [2.45, 2.75) is 31.1 Å². The minimum Gasteiger partial charge on any atom is -0.384 e. The Hall–Kier alpha value is -4.01. The SMILES string of the molecule is N=Cc1ccc([C@H]2C[C@@H]2c2cc(-c3c[nH]c(=O)[nH]c3=O)nn3ccnc23)cc1NCC1CC1. The zero-order valence-electron chi connectivity index (χ0n) is 17.8. The van der Waals surface area contributed by atoms with Gasteiger partial charge in [0.1, 0.15) is 0 Å². The van der Waals surface area contributed by atoms with Crippen LogP contribution < -0.4 is 16.6 Å². The van der Waals surface area contributed by atoms with E-state index in [-0.39, 0.29) is 5.92 Å². The Morgan fingerprint density at radius 3 is 2.88 bits per heavy atom. The van der Waals surface area contributed by atoms with E-state index in [4.69, 9.17) is 5.41 Å². The van der Waals surface area contributed by atoms with Gasteiger partial charge >= 0.3 is 5.69 Å². The Balaban J connectivity index is 1.35. The van der Waals surface area contributed by atoms with Crippen LogP contribution in [0.25, 0.3) is 16.9 Å². The van der Waals surface area contributed by atoms with E-state index < -0.39 is 11.2 Å². The molecule has 166 valence electrons. The minimum absolute atomic E-state index is 0.251. The number of anilines is 1. The molecule has 0 aliphatic heterocycles. The molecule has 2 aliphatic carbocycles.